The predicted molar refractivity (Wildman–Crippen MR) is 123 cm³/mol. The van der Waals surface area contributed by atoms with Crippen LogP contribution in [-0.4, -0.2) is 50.0 Å². The van der Waals surface area contributed by atoms with Crippen molar-refractivity contribution in [2.24, 2.45) is 0 Å². The molecule has 0 saturated carbocycles. The van der Waals surface area contributed by atoms with Crippen molar-refractivity contribution in [3.05, 3.63) is 48.5 Å². The smallest absolute Gasteiger partial charge is 0.269 e. The van der Waals surface area contributed by atoms with Crippen LogP contribution in [0.1, 0.15) is 6.92 Å². The molecule has 0 aliphatic carbocycles. The monoisotopic (exact) mass is 492 g/mol. The molecule has 4 rings (SSSR count). The fourth-order valence-corrected chi connectivity index (χ4v) is 6.20. The molecule has 2 aromatic carbocycles. The van der Waals surface area contributed by atoms with Gasteiger partial charge in [0.1, 0.15) is 11.5 Å². The van der Waals surface area contributed by atoms with Gasteiger partial charge in [0, 0.05) is 0 Å². The number of nitrogens with zero attached hydrogens (tertiary/aromatic N) is 3. The Morgan fingerprint density at radius 1 is 1.25 bits per heavy atom. The second-order valence-corrected chi connectivity index (χ2v) is 10.9. The Morgan fingerprint density at radius 3 is 2.72 bits per heavy atom. The van der Waals surface area contributed by atoms with Crippen molar-refractivity contribution in [2.75, 3.05) is 29.0 Å². The van der Waals surface area contributed by atoms with Crippen molar-refractivity contribution in [1.29, 1.82) is 0 Å². The van der Waals surface area contributed by atoms with Gasteiger partial charge in [-0.25, -0.2) is 8.42 Å². The lowest BCUT2D eigenvalue weighted by Gasteiger charge is -2.34. The largest absolute Gasteiger partial charge is 0.497 e. The van der Waals surface area contributed by atoms with Crippen molar-refractivity contribution in [1.82, 2.24) is 10.2 Å². The maximum Gasteiger partial charge on any atom is 0.269 e. The van der Waals surface area contributed by atoms with E-state index in [9.17, 15) is 13.2 Å². The van der Waals surface area contributed by atoms with Gasteiger partial charge in [-0.05, 0) is 42.2 Å². The molecule has 2 heterocycles. The Kier molecular flexibility index (Phi) is 6.53. The minimum atomic E-state index is -3.95. The Bertz CT molecular complexity index is 1210. The average Bonchev–Trinajstić information content (AvgIpc) is 3.25. The zero-order valence-corrected chi connectivity index (χ0v) is 19.7. The summed E-state index contributed by atoms with van der Waals surface area (Å²) in [5, 5.41) is 11.0. The van der Waals surface area contributed by atoms with E-state index in [-0.39, 0.29) is 11.4 Å². The standard InChI is InChI=1S/C20H20N4O5S3/c1-3-30-20-23-22-19(31-20)21-18(25)17-12-24(15-6-4-5-7-16(15)29-17)32(26,27)14-10-8-13(28-2)9-11-14/h4-11,17H,3,12H2,1-2H3,(H,21,22,25)/t17-/m1/s1. The molecule has 1 aromatic heterocycles. The van der Waals surface area contributed by atoms with E-state index in [1.807, 2.05) is 6.92 Å². The Balaban J connectivity index is 1.61. The molecule has 32 heavy (non-hydrogen) atoms. The Labute approximate surface area is 193 Å². The lowest BCUT2D eigenvalue weighted by molar-refractivity contribution is -0.122. The Hall–Kier alpha value is -2.83. The lowest BCUT2D eigenvalue weighted by Crippen LogP contribution is -2.48. The van der Waals surface area contributed by atoms with Crippen LogP contribution >= 0.6 is 23.1 Å². The second-order valence-electron chi connectivity index (χ2n) is 6.58. The molecular formula is C20H20N4O5S3. The van der Waals surface area contributed by atoms with E-state index in [2.05, 4.69) is 15.5 Å². The highest BCUT2D eigenvalue weighted by Crippen LogP contribution is 2.37. The minimum Gasteiger partial charge on any atom is -0.497 e. The van der Waals surface area contributed by atoms with Crippen LogP contribution in [0.5, 0.6) is 11.5 Å². The number of carbonyl (C=O) groups excluding carboxylic acids is 1. The van der Waals surface area contributed by atoms with Gasteiger partial charge in [0.2, 0.25) is 5.13 Å². The van der Waals surface area contributed by atoms with Gasteiger partial charge in [0.15, 0.2) is 10.4 Å². The van der Waals surface area contributed by atoms with Crippen molar-refractivity contribution >= 4 is 49.8 Å². The van der Waals surface area contributed by atoms with Crippen LogP contribution in [0.25, 0.3) is 0 Å². The number of nitrogens with one attached hydrogen (secondary N) is 1. The van der Waals surface area contributed by atoms with Gasteiger partial charge in [0.05, 0.1) is 24.2 Å². The van der Waals surface area contributed by atoms with Crippen LogP contribution in [0.3, 0.4) is 0 Å². The van der Waals surface area contributed by atoms with E-state index >= 15 is 0 Å². The van der Waals surface area contributed by atoms with Crippen molar-refractivity contribution in [2.45, 2.75) is 22.3 Å². The number of hydrogen-bond donors (Lipinski definition) is 1. The average molecular weight is 493 g/mol. The Morgan fingerprint density at radius 2 is 2.00 bits per heavy atom. The SMILES string of the molecule is CCSc1nnc(NC(=O)[C@H]2CN(S(=O)(=O)c3ccc(OC)cc3)c3ccccc3O2)s1. The summed E-state index contributed by atoms with van der Waals surface area (Å²) in [4.78, 5) is 13.0. The number of aromatic nitrogens is 2. The van der Waals surface area contributed by atoms with Crippen molar-refractivity contribution < 1.29 is 22.7 Å². The summed E-state index contributed by atoms with van der Waals surface area (Å²) in [6, 6.07) is 12.8. The molecule has 1 atom stereocenters. The number of para-hydroxylation sites is 2. The molecule has 1 aliphatic heterocycles. The third kappa shape index (κ3) is 4.52. The highest BCUT2D eigenvalue weighted by molar-refractivity contribution is 8.01. The summed E-state index contributed by atoms with van der Waals surface area (Å²) < 4.78 is 39.7. The molecule has 0 bridgehead atoms. The molecule has 9 nitrogen and oxygen atoms in total. The molecule has 0 unspecified atom stereocenters. The molecule has 0 fully saturated rings. The quantitative estimate of drug-likeness (QED) is 0.395. The van der Waals surface area contributed by atoms with Crippen LogP contribution in [0, 0.1) is 0 Å². The van der Waals surface area contributed by atoms with Gasteiger partial charge in [-0.3, -0.25) is 14.4 Å². The van der Waals surface area contributed by atoms with Gasteiger partial charge < -0.3 is 9.47 Å². The molecule has 1 amide bonds. The molecule has 1 N–H and O–H groups in total. The normalized spacial score (nSPS) is 15.6. The van der Waals surface area contributed by atoms with E-state index in [0.717, 1.165) is 10.1 Å². The first-order chi connectivity index (χ1) is 15.4. The predicted octanol–water partition coefficient (Wildman–Crippen LogP) is 3.25. The number of sulfonamides is 1. The van der Waals surface area contributed by atoms with Crippen LogP contribution in [0.2, 0.25) is 0 Å². The maximum atomic E-state index is 13.4. The van der Waals surface area contributed by atoms with Gasteiger partial charge in [-0.2, -0.15) is 0 Å². The van der Waals surface area contributed by atoms with Gasteiger partial charge in [0.25, 0.3) is 15.9 Å². The number of ether oxygens (including phenoxy) is 2. The second kappa shape index (κ2) is 9.35. The van der Waals surface area contributed by atoms with Crippen molar-refractivity contribution in [3.63, 3.8) is 0 Å². The zero-order valence-electron chi connectivity index (χ0n) is 17.2. The van der Waals surface area contributed by atoms with E-state index < -0.39 is 22.0 Å². The van der Waals surface area contributed by atoms with E-state index in [4.69, 9.17) is 9.47 Å². The minimum absolute atomic E-state index is 0.0829. The van der Waals surface area contributed by atoms with E-state index in [0.29, 0.717) is 22.3 Å². The molecule has 1 aliphatic rings. The number of methoxy groups -OCH3 is 1. The molecular weight excluding hydrogens is 472 g/mol. The molecule has 12 heteroatoms. The van der Waals surface area contributed by atoms with Gasteiger partial charge in [-0.1, -0.05) is 42.2 Å². The number of benzene rings is 2. The number of thioether (sulfide) groups is 1. The zero-order chi connectivity index (χ0) is 22.7. The summed E-state index contributed by atoms with van der Waals surface area (Å²) in [6.45, 7) is 1.81. The first kappa shape index (κ1) is 22.4. The highest BCUT2D eigenvalue weighted by Gasteiger charge is 2.37. The number of amides is 1. The molecule has 0 saturated heterocycles. The van der Waals surface area contributed by atoms with Crippen molar-refractivity contribution in [3.8, 4) is 11.5 Å². The summed E-state index contributed by atoms with van der Waals surface area (Å²) in [5.74, 6) is 1.18. The molecule has 0 spiro atoms. The topological polar surface area (TPSA) is 111 Å². The molecule has 168 valence electrons. The fourth-order valence-electron chi connectivity index (χ4n) is 3.07. The number of hydrogen-bond acceptors (Lipinski definition) is 9. The van der Waals surface area contributed by atoms with Crippen LogP contribution in [0.4, 0.5) is 10.8 Å². The first-order valence-electron chi connectivity index (χ1n) is 9.62. The van der Waals surface area contributed by atoms with E-state index in [1.54, 1.807) is 36.4 Å². The maximum absolute atomic E-state index is 13.4. The molecule has 0 radical (unpaired) electrons. The summed E-state index contributed by atoms with van der Waals surface area (Å²) in [5.41, 5.74) is 0.366. The van der Waals surface area contributed by atoms with E-state index in [1.165, 1.54) is 46.6 Å². The third-order valence-electron chi connectivity index (χ3n) is 4.58. The van der Waals surface area contributed by atoms with Gasteiger partial charge >= 0.3 is 0 Å². The summed E-state index contributed by atoms with van der Waals surface area (Å²) >= 11 is 2.77. The van der Waals surface area contributed by atoms with Crippen LogP contribution in [0.15, 0.2) is 57.8 Å². The van der Waals surface area contributed by atoms with Crippen LogP contribution < -0.4 is 19.1 Å². The summed E-state index contributed by atoms with van der Waals surface area (Å²) in [6.07, 6.45) is -1.07. The first-order valence-corrected chi connectivity index (χ1v) is 12.9. The number of rotatable bonds is 7. The highest BCUT2D eigenvalue weighted by atomic mass is 32.2. The number of carbonyl (C=O) groups is 1. The summed E-state index contributed by atoms with van der Waals surface area (Å²) in [7, 11) is -2.45. The number of anilines is 2. The fraction of sp³-hybridized carbons (Fsp3) is 0.250. The van der Waals surface area contributed by atoms with Gasteiger partial charge in [-0.15, -0.1) is 10.2 Å². The lowest BCUT2D eigenvalue weighted by atomic mass is 10.2. The third-order valence-corrected chi connectivity index (χ3v) is 8.23. The molecule has 3 aromatic rings. The number of fused-ring (bicyclic) bond motifs is 1. The van der Waals surface area contributed by atoms with Crippen LogP contribution in [-0.2, 0) is 14.8 Å².